The van der Waals surface area contributed by atoms with Crippen molar-refractivity contribution in [1.29, 1.82) is 0 Å². The van der Waals surface area contributed by atoms with Crippen LogP contribution in [-0.4, -0.2) is 31.0 Å². The van der Waals surface area contributed by atoms with Crippen LogP contribution in [0.15, 0.2) is 42.5 Å². The molecular weight excluding hydrogens is 342 g/mol. The van der Waals surface area contributed by atoms with E-state index in [1.165, 1.54) is 106 Å². The molecule has 0 aliphatic rings. The predicted octanol–water partition coefficient (Wildman–Crippen LogP) is 6.80. The lowest BCUT2D eigenvalue weighted by molar-refractivity contribution is 0.389. The maximum absolute atomic E-state index is 2.31. The molecule has 2 heteroatoms. The molecule has 0 saturated carbocycles. The van der Waals surface area contributed by atoms with Crippen LogP contribution in [0.4, 0.5) is 0 Å². The molecule has 0 radical (unpaired) electrons. The van der Waals surface area contributed by atoms with Crippen LogP contribution >= 0.6 is 0 Å². The molecular formula is C26H43NO. The SMILES string of the molecule is CN(C)CCCCCCCCCCCCCCc1cccc2ccccc12.O. The Hall–Kier alpha value is -1.38. The van der Waals surface area contributed by atoms with Crippen molar-refractivity contribution >= 4 is 10.8 Å². The van der Waals surface area contributed by atoms with Crippen molar-refractivity contribution < 1.29 is 5.48 Å². The highest BCUT2D eigenvalue weighted by Crippen LogP contribution is 2.21. The summed E-state index contributed by atoms with van der Waals surface area (Å²) < 4.78 is 0. The lowest BCUT2D eigenvalue weighted by Crippen LogP contribution is -2.12. The molecule has 0 spiro atoms. The zero-order valence-electron chi connectivity index (χ0n) is 18.4. The van der Waals surface area contributed by atoms with Crippen LogP contribution in [0.2, 0.25) is 0 Å². The molecule has 0 unspecified atom stereocenters. The molecule has 0 aromatic heterocycles. The maximum Gasteiger partial charge on any atom is -0.00248 e. The number of unbranched alkanes of at least 4 members (excludes halogenated alkanes) is 11. The molecule has 158 valence electrons. The molecule has 0 heterocycles. The number of benzene rings is 2. The van der Waals surface area contributed by atoms with Crippen molar-refractivity contribution in [3.8, 4) is 0 Å². The summed E-state index contributed by atoms with van der Waals surface area (Å²) in [6, 6.07) is 15.5. The van der Waals surface area contributed by atoms with Crippen molar-refractivity contribution in [2.75, 3.05) is 20.6 Å². The van der Waals surface area contributed by atoms with E-state index in [4.69, 9.17) is 0 Å². The van der Waals surface area contributed by atoms with Gasteiger partial charge in [-0.25, -0.2) is 0 Å². The third kappa shape index (κ3) is 10.2. The van der Waals surface area contributed by atoms with E-state index in [0.29, 0.717) is 0 Å². The molecule has 0 aliphatic heterocycles. The Labute approximate surface area is 173 Å². The summed E-state index contributed by atoms with van der Waals surface area (Å²) in [6.45, 7) is 1.25. The zero-order valence-corrected chi connectivity index (χ0v) is 18.4. The minimum atomic E-state index is 0. The van der Waals surface area contributed by atoms with Gasteiger partial charge in [0.1, 0.15) is 0 Å². The van der Waals surface area contributed by atoms with Gasteiger partial charge in [-0.1, -0.05) is 107 Å². The number of fused-ring (bicyclic) bond motifs is 1. The normalized spacial score (nSPS) is 11.1. The minimum Gasteiger partial charge on any atom is -0.412 e. The standard InChI is InChI=1S/C26H41N.H2O/c1-27(2)23-16-12-10-8-6-4-3-5-7-9-11-13-18-24-20-17-21-25-19-14-15-22-26(24)25;/h14-15,17,19-22H,3-13,16,18,23H2,1-2H3;1H2. The van der Waals surface area contributed by atoms with Crippen LogP contribution in [0.25, 0.3) is 10.8 Å². The zero-order chi connectivity index (χ0) is 19.2. The molecule has 0 bridgehead atoms. The fraction of sp³-hybridized carbons (Fsp3) is 0.615. The fourth-order valence-electron chi connectivity index (χ4n) is 4.02. The lowest BCUT2D eigenvalue weighted by atomic mass is 9.99. The van der Waals surface area contributed by atoms with Crippen LogP contribution in [0.1, 0.15) is 82.6 Å². The van der Waals surface area contributed by atoms with Crippen molar-refractivity contribution in [1.82, 2.24) is 4.90 Å². The van der Waals surface area contributed by atoms with Gasteiger partial charge in [0.05, 0.1) is 0 Å². The Morgan fingerprint density at radius 2 is 1.07 bits per heavy atom. The number of aryl methyl sites for hydroxylation is 1. The van der Waals surface area contributed by atoms with Crippen LogP contribution < -0.4 is 0 Å². The number of hydrogen-bond donors (Lipinski definition) is 0. The molecule has 0 amide bonds. The van der Waals surface area contributed by atoms with Crippen LogP contribution in [0.5, 0.6) is 0 Å². The van der Waals surface area contributed by atoms with E-state index in [1.54, 1.807) is 0 Å². The van der Waals surface area contributed by atoms with Gasteiger partial charge in [0.15, 0.2) is 0 Å². The van der Waals surface area contributed by atoms with Gasteiger partial charge in [-0.3, -0.25) is 0 Å². The van der Waals surface area contributed by atoms with E-state index in [0.717, 1.165) is 0 Å². The Balaban J connectivity index is 0.00000392. The Morgan fingerprint density at radius 1 is 0.571 bits per heavy atom. The van der Waals surface area contributed by atoms with Gasteiger partial charge in [-0.05, 0) is 56.2 Å². The molecule has 2 aromatic rings. The third-order valence-corrected chi connectivity index (χ3v) is 5.68. The van der Waals surface area contributed by atoms with Gasteiger partial charge in [0, 0.05) is 0 Å². The Bertz CT molecular complexity index is 617. The van der Waals surface area contributed by atoms with E-state index in [-0.39, 0.29) is 5.48 Å². The largest absolute Gasteiger partial charge is 0.412 e. The van der Waals surface area contributed by atoms with Gasteiger partial charge in [0.25, 0.3) is 0 Å². The summed E-state index contributed by atoms with van der Waals surface area (Å²) in [4.78, 5) is 2.29. The predicted molar refractivity (Wildman–Crippen MR) is 125 cm³/mol. The average molecular weight is 386 g/mol. The monoisotopic (exact) mass is 385 g/mol. The van der Waals surface area contributed by atoms with Crippen molar-refractivity contribution in [3.63, 3.8) is 0 Å². The van der Waals surface area contributed by atoms with Crippen molar-refractivity contribution in [2.45, 2.75) is 83.5 Å². The van der Waals surface area contributed by atoms with Gasteiger partial charge < -0.3 is 10.4 Å². The van der Waals surface area contributed by atoms with Crippen molar-refractivity contribution in [3.05, 3.63) is 48.0 Å². The molecule has 0 saturated heterocycles. The molecule has 2 nitrogen and oxygen atoms in total. The molecule has 28 heavy (non-hydrogen) atoms. The first kappa shape index (κ1) is 24.7. The van der Waals surface area contributed by atoms with E-state index >= 15 is 0 Å². The van der Waals surface area contributed by atoms with Crippen LogP contribution in [0, 0.1) is 0 Å². The number of rotatable bonds is 15. The summed E-state index contributed by atoms with van der Waals surface area (Å²) in [5, 5.41) is 2.83. The second-order valence-corrected chi connectivity index (χ2v) is 8.43. The van der Waals surface area contributed by atoms with Crippen molar-refractivity contribution in [2.24, 2.45) is 0 Å². The molecule has 2 aromatic carbocycles. The van der Waals surface area contributed by atoms with E-state index in [2.05, 4.69) is 61.5 Å². The average Bonchev–Trinajstić information content (AvgIpc) is 2.68. The van der Waals surface area contributed by atoms with Crippen LogP contribution in [-0.2, 0) is 6.42 Å². The minimum absolute atomic E-state index is 0. The first-order chi connectivity index (χ1) is 13.3. The molecule has 2 rings (SSSR count). The van der Waals surface area contributed by atoms with E-state index < -0.39 is 0 Å². The topological polar surface area (TPSA) is 34.7 Å². The summed E-state index contributed by atoms with van der Waals surface area (Å²) in [5.74, 6) is 0. The lowest BCUT2D eigenvalue weighted by Gasteiger charge is -2.08. The summed E-state index contributed by atoms with van der Waals surface area (Å²) in [6.07, 6.45) is 18.2. The second-order valence-electron chi connectivity index (χ2n) is 8.43. The molecule has 0 atom stereocenters. The second kappa shape index (κ2) is 15.5. The number of nitrogens with zero attached hydrogens (tertiary/aromatic N) is 1. The van der Waals surface area contributed by atoms with Gasteiger partial charge in [-0.2, -0.15) is 0 Å². The van der Waals surface area contributed by atoms with Gasteiger partial charge in [0.2, 0.25) is 0 Å². The quantitative estimate of drug-likeness (QED) is 0.310. The van der Waals surface area contributed by atoms with Gasteiger partial charge in [-0.15, -0.1) is 0 Å². The van der Waals surface area contributed by atoms with E-state index in [9.17, 15) is 0 Å². The summed E-state index contributed by atoms with van der Waals surface area (Å²) in [7, 11) is 4.34. The smallest absolute Gasteiger partial charge is 0.00248 e. The highest BCUT2D eigenvalue weighted by atomic mass is 16.0. The maximum atomic E-state index is 2.31. The first-order valence-corrected chi connectivity index (χ1v) is 11.4. The third-order valence-electron chi connectivity index (χ3n) is 5.68. The summed E-state index contributed by atoms with van der Waals surface area (Å²) >= 11 is 0. The Morgan fingerprint density at radius 3 is 1.68 bits per heavy atom. The molecule has 0 fully saturated rings. The summed E-state index contributed by atoms with van der Waals surface area (Å²) in [5.41, 5.74) is 1.53. The highest BCUT2D eigenvalue weighted by molar-refractivity contribution is 5.85. The number of hydrogen-bond acceptors (Lipinski definition) is 1. The fourth-order valence-corrected chi connectivity index (χ4v) is 4.02. The molecule has 0 aliphatic carbocycles. The van der Waals surface area contributed by atoms with Crippen LogP contribution in [0.3, 0.4) is 0 Å². The first-order valence-electron chi connectivity index (χ1n) is 11.4. The Kier molecular flexibility index (Phi) is 13.7. The molecule has 2 N–H and O–H groups in total. The van der Waals surface area contributed by atoms with E-state index in [1.807, 2.05) is 0 Å². The highest BCUT2D eigenvalue weighted by Gasteiger charge is 2.00. The van der Waals surface area contributed by atoms with Gasteiger partial charge >= 0.3 is 0 Å².